The summed E-state index contributed by atoms with van der Waals surface area (Å²) in [6, 6.07) is 0. The van der Waals surface area contributed by atoms with Crippen molar-refractivity contribution in [2.45, 2.75) is 38.8 Å². The number of hydrogen-bond acceptors (Lipinski definition) is 3. The molecular formula is C8H19ClN2O2. The zero-order valence-corrected chi connectivity index (χ0v) is 9.15. The smallest absolute Gasteiger partial charge is 0.239 e. The SMILES string of the molecule is CC(O)CCNC(=O)C(C)(C)N.Cl. The molecule has 0 bridgehead atoms. The molecule has 0 saturated carbocycles. The molecule has 0 rings (SSSR count). The molecule has 0 heterocycles. The number of hydrogen-bond donors (Lipinski definition) is 3. The minimum Gasteiger partial charge on any atom is -0.393 e. The van der Waals surface area contributed by atoms with Crippen molar-refractivity contribution in [2.75, 3.05) is 6.54 Å². The van der Waals surface area contributed by atoms with E-state index in [4.69, 9.17) is 10.8 Å². The lowest BCUT2D eigenvalue weighted by atomic mass is 10.1. The lowest BCUT2D eigenvalue weighted by Crippen LogP contribution is -2.49. The molecule has 5 heteroatoms. The van der Waals surface area contributed by atoms with Crippen LogP contribution in [-0.2, 0) is 4.79 Å². The first-order valence-corrected chi connectivity index (χ1v) is 4.09. The van der Waals surface area contributed by atoms with Crippen molar-refractivity contribution in [3.63, 3.8) is 0 Å². The molecule has 1 unspecified atom stereocenters. The summed E-state index contributed by atoms with van der Waals surface area (Å²) >= 11 is 0. The third kappa shape index (κ3) is 8.02. The molecule has 0 aromatic carbocycles. The summed E-state index contributed by atoms with van der Waals surface area (Å²) in [7, 11) is 0. The Labute approximate surface area is 85.3 Å². The molecular weight excluding hydrogens is 192 g/mol. The maximum Gasteiger partial charge on any atom is 0.239 e. The van der Waals surface area contributed by atoms with E-state index in [1.165, 1.54) is 0 Å². The number of nitrogens with one attached hydrogen (secondary N) is 1. The minimum absolute atomic E-state index is 0. The molecule has 0 saturated heterocycles. The van der Waals surface area contributed by atoms with E-state index in [-0.39, 0.29) is 24.4 Å². The van der Waals surface area contributed by atoms with Gasteiger partial charge in [-0.1, -0.05) is 0 Å². The largest absolute Gasteiger partial charge is 0.393 e. The first kappa shape index (κ1) is 15.2. The second kappa shape index (κ2) is 6.18. The summed E-state index contributed by atoms with van der Waals surface area (Å²) < 4.78 is 0. The van der Waals surface area contributed by atoms with Gasteiger partial charge in [0, 0.05) is 6.54 Å². The Balaban J connectivity index is 0. The molecule has 0 aromatic heterocycles. The third-order valence-electron chi connectivity index (χ3n) is 1.43. The van der Waals surface area contributed by atoms with Crippen molar-refractivity contribution in [3.8, 4) is 0 Å². The first-order valence-electron chi connectivity index (χ1n) is 4.09. The zero-order valence-electron chi connectivity index (χ0n) is 8.33. The van der Waals surface area contributed by atoms with Gasteiger partial charge in [-0.2, -0.15) is 0 Å². The topological polar surface area (TPSA) is 75.3 Å². The van der Waals surface area contributed by atoms with Gasteiger partial charge in [0.1, 0.15) is 0 Å². The second-order valence-corrected chi connectivity index (χ2v) is 3.62. The van der Waals surface area contributed by atoms with Gasteiger partial charge < -0.3 is 16.2 Å². The summed E-state index contributed by atoms with van der Waals surface area (Å²) in [6.45, 7) is 5.44. The summed E-state index contributed by atoms with van der Waals surface area (Å²) in [5.74, 6) is -0.192. The Kier molecular flexibility index (Phi) is 7.21. The van der Waals surface area contributed by atoms with Gasteiger partial charge in [-0.05, 0) is 27.2 Å². The van der Waals surface area contributed by atoms with Crippen LogP contribution in [0.3, 0.4) is 0 Å². The van der Waals surface area contributed by atoms with Gasteiger partial charge in [-0.3, -0.25) is 4.79 Å². The van der Waals surface area contributed by atoms with Crippen molar-refractivity contribution >= 4 is 18.3 Å². The summed E-state index contributed by atoms with van der Waals surface area (Å²) in [5.41, 5.74) is 4.69. The van der Waals surface area contributed by atoms with E-state index in [1.807, 2.05) is 0 Å². The number of halogens is 1. The molecule has 80 valence electrons. The van der Waals surface area contributed by atoms with Crippen molar-refractivity contribution < 1.29 is 9.90 Å². The van der Waals surface area contributed by atoms with E-state index in [0.29, 0.717) is 13.0 Å². The third-order valence-corrected chi connectivity index (χ3v) is 1.43. The normalized spacial score (nSPS) is 13.0. The summed E-state index contributed by atoms with van der Waals surface area (Å²) in [5, 5.41) is 11.5. The zero-order chi connectivity index (χ0) is 9.78. The van der Waals surface area contributed by atoms with E-state index >= 15 is 0 Å². The molecule has 13 heavy (non-hydrogen) atoms. The van der Waals surface area contributed by atoms with Crippen LogP contribution in [0.15, 0.2) is 0 Å². The number of amides is 1. The average molecular weight is 211 g/mol. The first-order chi connectivity index (χ1) is 5.34. The van der Waals surface area contributed by atoms with Crippen molar-refractivity contribution in [3.05, 3.63) is 0 Å². The molecule has 0 fully saturated rings. The molecule has 0 aliphatic rings. The highest BCUT2D eigenvalue weighted by atomic mass is 35.5. The van der Waals surface area contributed by atoms with Crippen LogP contribution in [0.1, 0.15) is 27.2 Å². The monoisotopic (exact) mass is 210 g/mol. The van der Waals surface area contributed by atoms with Gasteiger partial charge >= 0.3 is 0 Å². The van der Waals surface area contributed by atoms with Gasteiger partial charge in [0.15, 0.2) is 0 Å². The lowest BCUT2D eigenvalue weighted by molar-refractivity contribution is -0.125. The van der Waals surface area contributed by atoms with Crippen molar-refractivity contribution in [1.29, 1.82) is 0 Å². The predicted octanol–water partition coefficient (Wildman–Crippen LogP) is 0.0326. The van der Waals surface area contributed by atoms with Crippen molar-refractivity contribution in [1.82, 2.24) is 5.32 Å². The van der Waals surface area contributed by atoms with Crippen LogP contribution >= 0.6 is 12.4 Å². The fourth-order valence-electron chi connectivity index (χ4n) is 0.622. The Morgan fingerprint density at radius 2 is 2.08 bits per heavy atom. The van der Waals surface area contributed by atoms with Crippen LogP contribution in [0.25, 0.3) is 0 Å². The Morgan fingerprint density at radius 3 is 2.38 bits per heavy atom. The highest BCUT2D eigenvalue weighted by molar-refractivity contribution is 5.85. The van der Waals surface area contributed by atoms with Crippen LogP contribution < -0.4 is 11.1 Å². The maximum absolute atomic E-state index is 11.1. The van der Waals surface area contributed by atoms with Gasteiger partial charge in [0.2, 0.25) is 5.91 Å². The number of rotatable bonds is 4. The van der Waals surface area contributed by atoms with Gasteiger partial charge in [0.05, 0.1) is 11.6 Å². The summed E-state index contributed by atoms with van der Waals surface area (Å²) in [6.07, 6.45) is 0.174. The highest BCUT2D eigenvalue weighted by Crippen LogP contribution is 1.95. The van der Waals surface area contributed by atoms with E-state index in [9.17, 15) is 4.79 Å². The standard InChI is InChI=1S/C8H18N2O2.ClH/c1-6(11)4-5-10-7(12)8(2,3)9;/h6,11H,4-5,9H2,1-3H3,(H,10,12);1H. The Hall–Kier alpha value is -0.320. The molecule has 4 N–H and O–H groups in total. The highest BCUT2D eigenvalue weighted by Gasteiger charge is 2.20. The van der Waals surface area contributed by atoms with Gasteiger partial charge in [-0.15, -0.1) is 12.4 Å². The van der Waals surface area contributed by atoms with Crippen LogP contribution in [0.2, 0.25) is 0 Å². The fraction of sp³-hybridized carbons (Fsp3) is 0.875. The predicted molar refractivity (Wildman–Crippen MR) is 54.8 cm³/mol. The lowest BCUT2D eigenvalue weighted by Gasteiger charge is -2.17. The molecule has 0 aromatic rings. The Bertz CT molecular complexity index is 155. The van der Waals surface area contributed by atoms with E-state index in [0.717, 1.165) is 0 Å². The van der Waals surface area contributed by atoms with E-state index in [2.05, 4.69) is 5.32 Å². The number of aliphatic hydroxyl groups excluding tert-OH is 1. The van der Waals surface area contributed by atoms with Gasteiger partial charge in [0.25, 0.3) is 0 Å². The number of carbonyl (C=O) groups is 1. The van der Waals surface area contributed by atoms with Gasteiger partial charge in [-0.25, -0.2) is 0 Å². The minimum atomic E-state index is -0.835. The number of carbonyl (C=O) groups excluding carboxylic acids is 1. The molecule has 0 radical (unpaired) electrons. The van der Waals surface area contributed by atoms with E-state index in [1.54, 1.807) is 20.8 Å². The molecule has 1 atom stereocenters. The molecule has 0 aliphatic heterocycles. The quantitative estimate of drug-likeness (QED) is 0.613. The average Bonchev–Trinajstić information content (AvgIpc) is 1.84. The number of nitrogens with two attached hydrogens (primary N) is 1. The van der Waals surface area contributed by atoms with Crippen LogP contribution in [0, 0.1) is 0 Å². The number of aliphatic hydroxyl groups is 1. The Morgan fingerprint density at radius 1 is 1.62 bits per heavy atom. The molecule has 0 aliphatic carbocycles. The molecule has 4 nitrogen and oxygen atoms in total. The molecule has 1 amide bonds. The van der Waals surface area contributed by atoms with Crippen LogP contribution in [0.4, 0.5) is 0 Å². The summed E-state index contributed by atoms with van der Waals surface area (Å²) in [4.78, 5) is 11.1. The second-order valence-electron chi connectivity index (χ2n) is 3.62. The van der Waals surface area contributed by atoms with E-state index < -0.39 is 5.54 Å². The van der Waals surface area contributed by atoms with Crippen LogP contribution in [-0.4, -0.2) is 29.2 Å². The molecule has 0 spiro atoms. The fourth-order valence-corrected chi connectivity index (χ4v) is 0.622. The van der Waals surface area contributed by atoms with Crippen molar-refractivity contribution in [2.24, 2.45) is 5.73 Å². The van der Waals surface area contributed by atoms with Crippen LogP contribution in [0.5, 0.6) is 0 Å². The maximum atomic E-state index is 11.1.